The van der Waals surface area contributed by atoms with Crippen LogP contribution in [-0.4, -0.2) is 5.78 Å². The third-order valence-electron chi connectivity index (χ3n) is 3.70. The molecule has 1 aliphatic carbocycles. The van der Waals surface area contributed by atoms with Gasteiger partial charge in [-0.25, -0.2) is 0 Å². The molecule has 0 aliphatic heterocycles. The molecular weight excluding hydrogens is 228 g/mol. The standard InChI is InChI=1S/C15H22OS/c16-14(12-13-6-2-1-3-7-13)8-4-9-15-10-5-11-17-15/h5,10-11,13H,1-4,6-9,12H2. The van der Waals surface area contributed by atoms with Crippen LogP contribution in [0.15, 0.2) is 17.5 Å². The monoisotopic (exact) mass is 250 g/mol. The number of Topliss-reactive ketones (excluding diaryl/α,β-unsaturated/α-hetero) is 1. The zero-order valence-electron chi connectivity index (χ0n) is 10.5. The van der Waals surface area contributed by atoms with Crippen LogP contribution in [0.2, 0.25) is 0 Å². The van der Waals surface area contributed by atoms with E-state index in [1.165, 1.54) is 37.0 Å². The summed E-state index contributed by atoms with van der Waals surface area (Å²) in [4.78, 5) is 13.3. The van der Waals surface area contributed by atoms with Gasteiger partial charge in [0.15, 0.2) is 0 Å². The summed E-state index contributed by atoms with van der Waals surface area (Å²) in [7, 11) is 0. The first-order valence-corrected chi connectivity index (χ1v) is 7.76. The van der Waals surface area contributed by atoms with Gasteiger partial charge in [-0.2, -0.15) is 0 Å². The Kier molecular flexibility index (Phi) is 5.24. The van der Waals surface area contributed by atoms with Crippen LogP contribution in [0.25, 0.3) is 0 Å². The first-order valence-electron chi connectivity index (χ1n) is 6.88. The molecule has 0 spiro atoms. The van der Waals surface area contributed by atoms with Crippen molar-refractivity contribution in [3.05, 3.63) is 22.4 Å². The van der Waals surface area contributed by atoms with Crippen molar-refractivity contribution in [1.29, 1.82) is 0 Å². The fraction of sp³-hybridized carbons (Fsp3) is 0.667. The van der Waals surface area contributed by atoms with E-state index in [9.17, 15) is 4.79 Å². The average molecular weight is 250 g/mol. The molecule has 1 fully saturated rings. The molecule has 1 nitrogen and oxygen atoms in total. The fourth-order valence-electron chi connectivity index (χ4n) is 2.73. The van der Waals surface area contributed by atoms with Gasteiger partial charge in [0.2, 0.25) is 0 Å². The smallest absolute Gasteiger partial charge is 0.133 e. The van der Waals surface area contributed by atoms with E-state index in [0.717, 1.165) is 25.7 Å². The minimum atomic E-state index is 0.494. The molecule has 1 aliphatic rings. The summed E-state index contributed by atoms with van der Waals surface area (Å²) in [6.07, 6.45) is 10.4. The lowest BCUT2D eigenvalue weighted by Gasteiger charge is -2.20. The van der Waals surface area contributed by atoms with E-state index in [2.05, 4.69) is 17.5 Å². The molecule has 1 heterocycles. The Bertz CT molecular complexity index is 323. The van der Waals surface area contributed by atoms with E-state index in [1.807, 2.05) is 0 Å². The molecule has 0 N–H and O–H groups in total. The molecule has 0 aromatic carbocycles. The summed E-state index contributed by atoms with van der Waals surface area (Å²) in [5, 5.41) is 2.11. The fourth-order valence-corrected chi connectivity index (χ4v) is 3.48. The van der Waals surface area contributed by atoms with Crippen molar-refractivity contribution in [2.24, 2.45) is 5.92 Å². The molecule has 1 aromatic heterocycles. The Morgan fingerprint density at radius 2 is 2.12 bits per heavy atom. The zero-order valence-corrected chi connectivity index (χ0v) is 11.3. The predicted molar refractivity (Wildman–Crippen MR) is 73.5 cm³/mol. The van der Waals surface area contributed by atoms with Gasteiger partial charge in [-0.1, -0.05) is 38.2 Å². The predicted octanol–water partition coefficient (Wildman–Crippen LogP) is 4.61. The number of rotatable bonds is 6. The Hall–Kier alpha value is -0.630. The highest BCUT2D eigenvalue weighted by atomic mass is 32.1. The van der Waals surface area contributed by atoms with E-state index >= 15 is 0 Å². The van der Waals surface area contributed by atoms with Crippen molar-refractivity contribution in [2.75, 3.05) is 0 Å². The van der Waals surface area contributed by atoms with Crippen molar-refractivity contribution in [3.63, 3.8) is 0 Å². The average Bonchev–Trinajstić information content (AvgIpc) is 2.83. The highest BCUT2D eigenvalue weighted by Gasteiger charge is 2.16. The third-order valence-corrected chi connectivity index (χ3v) is 4.64. The van der Waals surface area contributed by atoms with E-state index in [1.54, 1.807) is 11.3 Å². The second kappa shape index (κ2) is 6.95. The maximum absolute atomic E-state index is 11.8. The Labute approximate surface area is 108 Å². The van der Waals surface area contributed by atoms with Gasteiger partial charge in [-0.3, -0.25) is 4.79 Å². The van der Waals surface area contributed by atoms with Crippen LogP contribution in [0.4, 0.5) is 0 Å². The van der Waals surface area contributed by atoms with Crippen LogP contribution >= 0.6 is 11.3 Å². The normalized spacial score (nSPS) is 17.2. The summed E-state index contributed by atoms with van der Waals surface area (Å²) >= 11 is 1.80. The number of hydrogen-bond acceptors (Lipinski definition) is 2. The van der Waals surface area contributed by atoms with Crippen LogP contribution in [0.1, 0.15) is 56.2 Å². The quantitative estimate of drug-likeness (QED) is 0.720. The molecule has 94 valence electrons. The van der Waals surface area contributed by atoms with Gasteiger partial charge in [0.1, 0.15) is 5.78 Å². The van der Waals surface area contributed by atoms with Crippen molar-refractivity contribution >= 4 is 17.1 Å². The minimum Gasteiger partial charge on any atom is -0.300 e. The zero-order chi connectivity index (χ0) is 11.9. The van der Waals surface area contributed by atoms with Crippen LogP contribution in [0, 0.1) is 5.92 Å². The van der Waals surface area contributed by atoms with Gasteiger partial charge in [0, 0.05) is 17.7 Å². The van der Waals surface area contributed by atoms with Crippen molar-refractivity contribution in [2.45, 2.75) is 57.8 Å². The maximum Gasteiger partial charge on any atom is 0.133 e. The van der Waals surface area contributed by atoms with Crippen molar-refractivity contribution < 1.29 is 4.79 Å². The second-order valence-corrected chi connectivity index (χ2v) is 6.21. The number of aryl methyl sites for hydroxylation is 1. The van der Waals surface area contributed by atoms with Gasteiger partial charge in [0.25, 0.3) is 0 Å². The molecular formula is C15H22OS. The lowest BCUT2D eigenvalue weighted by molar-refractivity contribution is -0.120. The molecule has 0 radical (unpaired) electrons. The summed E-state index contributed by atoms with van der Waals surface area (Å²) in [5.74, 6) is 1.20. The summed E-state index contributed by atoms with van der Waals surface area (Å²) in [6.45, 7) is 0. The van der Waals surface area contributed by atoms with Gasteiger partial charge < -0.3 is 0 Å². The second-order valence-electron chi connectivity index (χ2n) is 5.18. The van der Waals surface area contributed by atoms with Gasteiger partial charge in [0.05, 0.1) is 0 Å². The summed E-state index contributed by atoms with van der Waals surface area (Å²) < 4.78 is 0. The molecule has 0 bridgehead atoms. The number of carbonyl (C=O) groups is 1. The molecule has 0 atom stereocenters. The number of ketones is 1. The highest BCUT2D eigenvalue weighted by Crippen LogP contribution is 2.27. The first-order chi connectivity index (χ1) is 8.34. The Morgan fingerprint density at radius 1 is 1.29 bits per heavy atom. The highest BCUT2D eigenvalue weighted by molar-refractivity contribution is 7.09. The molecule has 17 heavy (non-hydrogen) atoms. The minimum absolute atomic E-state index is 0.494. The maximum atomic E-state index is 11.8. The van der Waals surface area contributed by atoms with E-state index in [0.29, 0.717) is 11.7 Å². The van der Waals surface area contributed by atoms with Gasteiger partial charge in [-0.15, -0.1) is 11.3 Å². The Balaban J connectivity index is 1.60. The number of hydrogen-bond donors (Lipinski definition) is 0. The van der Waals surface area contributed by atoms with E-state index < -0.39 is 0 Å². The summed E-state index contributed by atoms with van der Waals surface area (Å²) in [5.41, 5.74) is 0. The van der Waals surface area contributed by atoms with Crippen molar-refractivity contribution in [1.82, 2.24) is 0 Å². The van der Waals surface area contributed by atoms with E-state index in [4.69, 9.17) is 0 Å². The molecule has 2 heteroatoms. The van der Waals surface area contributed by atoms with Crippen molar-refractivity contribution in [3.8, 4) is 0 Å². The molecule has 0 amide bonds. The first kappa shape index (κ1) is 12.8. The third kappa shape index (κ3) is 4.63. The lowest BCUT2D eigenvalue weighted by Crippen LogP contribution is -2.12. The lowest BCUT2D eigenvalue weighted by atomic mass is 9.85. The number of thiophene rings is 1. The molecule has 1 saturated carbocycles. The largest absolute Gasteiger partial charge is 0.300 e. The topological polar surface area (TPSA) is 17.1 Å². The Morgan fingerprint density at radius 3 is 2.82 bits per heavy atom. The molecule has 0 unspecified atom stereocenters. The van der Waals surface area contributed by atoms with Crippen LogP contribution in [-0.2, 0) is 11.2 Å². The van der Waals surface area contributed by atoms with Crippen LogP contribution in [0.5, 0.6) is 0 Å². The number of carbonyl (C=O) groups excluding carboxylic acids is 1. The van der Waals surface area contributed by atoms with E-state index in [-0.39, 0.29) is 0 Å². The summed E-state index contributed by atoms with van der Waals surface area (Å²) in [6, 6.07) is 4.25. The van der Waals surface area contributed by atoms with Crippen LogP contribution in [0.3, 0.4) is 0 Å². The molecule has 0 saturated heterocycles. The van der Waals surface area contributed by atoms with Gasteiger partial charge >= 0.3 is 0 Å². The SMILES string of the molecule is O=C(CCCc1cccs1)CC1CCCCC1. The molecule has 2 rings (SSSR count). The molecule has 1 aromatic rings. The van der Waals surface area contributed by atoms with Gasteiger partial charge in [-0.05, 0) is 30.2 Å². The van der Waals surface area contributed by atoms with Crippen LogP contribution < -0.4 is 0 Å².